The molecule has 140 heavy (non-hydrogen) atoms. The van der Waals surface area contributed by atoms with Gasteiger partial charge in [0, 0.05) is 73.0 Å². The highest BCUT2D eigenvalue weighted by atomic mass is 33.1. The summed E-state index contributed by atoms with van der Waals surface area (Å²) in [5.41, 5.74) is 12.0. The number of carbonyl (C=O) groups is 6. The minimum absolute atomic E-state index is 0.00433. The summed E-state index contributed by atoms with van der Waals surface area (Å²) in [6, 6.07) is 24.3. The van der Waals surface area contributed by atoms with Gasteiger partial charge in [-0.2, -0.15) is 0 Å². The summed E-state index contributed by atoms with van der Waals surface area (Å²) in [6.45, 7) is 10.1. The number of esters is 3. The normalized spacial score (nSPS) is 24.1. The quantitative estimate of drug-likeness (QED) is 0.0315. The van der Waals surface area contributed by atoms with Gasteiger partial charge in [-0.05, 0) is 239 Å². The van der Waals surface area contributed by atoms with Crippen molar-refractivity contribution in [3.8, 4) is 34.2 Å². The Bertz CT molecular complexity index is 7080. The van der Waals surface area contributed by atoms with Crippen molar-refractivity contribution in [3.63, 3.8) is 0 Å². The molecule has 12 heterocycles. The van der Waals surface area contributed by atoms with Gasteiger partial charge in [0.05, 0.1) is 116 Å². The minimum atomic E-state index is -1.97. The Hall–Kier alpha value is -10.8. The molecule has 5 aromatic carbocycles. The van der Waals surface area contributed by atoms with Crippen LogP contribution in [-0.2, 0) is 131 Å². The number of cyclic esters (lactones) is 3. The molecule has 27 nitrogen and oxygen atoms in total. The molecule has 36 heteroatoms. The maximum Gasteiger partial charge on any atom is 0.407 e. The highest BCUT2D eigenvalue weighted by Crippen LogP contribution is 2.54. The maximum atomic E-state index is 15.3. The van der Waals surface area contributed by atoms with Gasteiger partial charge in [0.1, 0.15) is 55.6 Å². The lowest BCUT2D eigenvalue weighted by Gasteiger charge is -2.33. The second kappa shape index (κ2) is 37.2. The van der Waals surface area contributed by atoms with Crippen LogP contribution >= 0.6 is 64.8 Å². The molecule has 0 radical (unpaired) electrons. The fourth-order valence-electron chi connectivity index (χ4n) is 23.5. The SMILES string of the molecule is CC[C@@]1(O)C(=O)OCc2c1cc1n(c2=O)Cc2c-1nc1cc(F)c(C)c3c1c2[C@@H](NC(=O)OC1CCC(SSC)CC1)CC3.CC[C@@]1(O)C(=O)OCc2c1cc1n(c2=O)Cc2c-1nc1cc(F)c(C)c3c1c2[C@@H](NC(=O)O[C@@H]1CCc2ccccc2[C@H]1SSC)CC3.CC[C@@]1(O)C(=O)OCc2c1cc1n(c2=O)Cc2c-1nc1cc(F)c(C)c3c1c2[C@@H](NC(=O)O[C@H]1CCc2ccccc2[C@@H]1SSC)CC3. The standard InChI is InChI=1S/2C36H34FN3O6S2.C32H34FN3O6S2/c2*1-4-36(44)23-13-27-31-21(15-40(27)33(41)22(23)16-45-34(36)42)30-25(11-10-19-17(2)24(37)14-26(38-31)29(19)30)39-35(43)46-28-12-9-18-7-5-6-8-20(18)32(28)48-47-3;1-4-32(40)21-11-25-28-19(13-36(25)29(37)20(21)14-41-30(32)38)27-23(10-9-18-15(2)22(33)12-24(34-28)26(18)27)35-31(39)42-16-5-7-17(8-6-16)44-43-3/h2*5-8,13-14,25,28,32,44H,4,9-12,15-16H2,1-3H3,(H,39,43);11-12,16-17,23,40H,4-10,13-14H2,1-3H3,(H,35,39)/t25-,28+,32+,36-;25-,28-,32-,36-;16?,17?,23-,32-/m000/s1. The Morgan fingerprint density at radius 2 is 0.743 bits per heavy atom. The van der Waals surface area contributed by atoms with E-state index in [1.54, 1.807) is 127 Å². The highest BCUT2D eigenvalue weighted by Gasteiger charge is 2.51. The van der Waals surface area contributed by atoms with E-state index < -0.39 is 71.1 Å². The molecule has 6 N–H and O–H groups in total. The zero-order valence-corrected chi connectivity index (χ0v) is 83.2. The van der Waals surface area contributed by atoms with Crippen molar-refractivity contribution >= 4 is 134 Å². The second-order valence-corrected chi connectivity index (χ2v) is 45.9. The van der Waals surface area contributed by atoms with Crippen LogP contribution in [0, 0.1) is 38.2 Å². The number of aryl methyl sites for hydroxylation is 5. The number of alkyl carbamates (subject to hydrolysis) is 3. The summed E-state index contributed by atoms with van der Waals surface area (Å²) in [5.74, 6) is -3.51. The van der Waals surface area contributed by atoms with Crippen molar-refractivity contribution in [2.24, 2.45) is 0 Å². The zero-order valence-electron chi connectivity index (χ0n) is 78.3. The number of amides is 3. The third-order valence-electron chi connectivity index (χ3n) is 30.8. The Balaban J connectivity index is 0.000000125. The van der Waals surface area contributed by atoms with Crippen LogP contribution in [0.5, 0.6) is 0 Å². The van der Waals surface area contributed by atoms with Gasteiger partial charge in [0.2, 0.25) is 0 Å². The van der Waals surface area contributed by atoms with Crippen LogP contribution < -0.4 is 32.6 Å². The molecule has 6 aromatic heterocycles. The largest absolute Gasteiger partial charge is 0.458 e. The molecule has 0 spiro atoms. The summed E-state index contributed by atoms with van der Waals surface area (Å²) in [5, 5.41) is 46.2. The molecule has 0 unspecified atom stereocenters. The van der Waals surface area contributed by atoms with Crippen molar-refractivity contribution < 1.29 is 85.7 Å². The Labute approximate surface area is 826 Å². The lowest BCUT2D eigenvalue weighted by atomic mass is 9.81. The van der Waals surface area contributed by atoms with Crippen LogP contribution in [0.4, 0.5) is 27.6 Å². The van der Waals surface area contributed by atoms with Crippen molar-refractivity contribution in [2.75, 3.05) is 18.8 Å². The average molecular weight is 2020 g/mol. The van der Waals surface area contributed by atoms with Gasteiger partial charge < -0.3 is 73.4 Å². The van der Waals surface area contributed by atoms with Crippen LogP contribution in [0.25, 0.3) is 66.9 Å². The third kappa shape index (κ3) is 15.7. The number of hydrogen-bond acceptors (Lipinski definition) is 27. The molecule has 6 aliphatic heterocycles. The number of rotatable bonds is 15. The molecule has 11 aromatic rings. The number of pyridine rings is 6. The molecule has 3 amide bonds. The van der Waals surface area contributed by atoms with Gasteiger partial charge in [-0.1, -0.05) is 134 Å². The number of nitrogens with one attached hydrogen (secondary N) is 3. The molecule has 10 atom stereocenters. The van der Waals surface area contributed by atoms with Gasteiger partial charge in [-0.3, -0.25) is 14.4 Å². The zero-order chi connectivity index (χ0) is 97.9. The molecule has 23 rings (SSSR count). The fraction of sp³-hybridized carbons (Fsp3) is 0.423. The summed E-state index contributed by atoms with van der Waals surface area (Å²) < 4.78 is 84.3. The molecular formula is C104H102F3N9O18S6. The van der Waals surface area contributed by atoms with E-state index in [9.17, 15) is 58.5 Å². The summed E-state index contributed by atoms with van der Waals surface area (Å²) in [7, 11) is 10.3. The Morgan fingerprint density at radius 1 is 0.421 bits per heavy atom. The monoisotopic (exact) mass is 2010 g/mol. The van der Waals surface area contributed by atoms with Crippen molar-refractivity contribution in [1.82, 2.24) is 44.6 Å². The Kier molecular flexibility index (Phi) is 25.3. The first-order chi connectivity index (χ1) is 67.4. The van der Waals surface area contributed by atoms with Crippen LogP contribution in [0.3, 0.4) is 0 Å². The molecule has 1 fully saturated rings. The Morgan fingerprint density at radius 3 is 1.06 bits per heavy atom. The smallest absolute Gasteiger partial charge is 0.407 e. The van der Waals surface area contributed by atoms with Gasteiger partial charge in [0.25, 0.3) is 16.7 Å². The first-order valence-electron chi connectivity index (χ1n) is 47.5. The van der Waals surface area contributed by atoms with E-state index >= 15 is 13.2 Å². The molecule has 0 saturated heterocycles. The molecule has 12 aliphatic rings. The van der Waals surface area contributed by atoms with E-state index in [-0.39, 0.29) is 155 Å². The van der Waals surface area contributed by atoms with E-state index in [4.69, 9.17) is 43.4 Å². The lowest BCUT2D eigenvalue weighted by molar-refractivity contribution is -0.172. The number of benzene rings is 5. The first kappa shape index (κ1) is 95.4. The number of nitrogens with zero attached hydrogens (tertiary/aromatic N) is 6. The third-order valence-corrected chi connectivity index (χ3v) is 37.5. The van der Waals surface area contributed by atoms with Gasteiger partial charge in [-0.15, -0.1) is 0 Å². The van der Waals surface area contributed by atoms with E-state index in [2.05, 4.69) is 46.5 Å². The number of halogens is 3. The van der Waals surface area contributed by atoms with Crippen LogP contribution in [0.1, 0.15) is 249 Å². The molecule has 728 valence electrons. The predicted molar refractivity (Wildman–Crippen MR) is 532 cm³/mol. The molecule has 1 saturated carbocycles. The molecule has 6 aliphatic carbocycles. The maximum absolute atomic E-state index is 15.3. The van der Waals surface area contributed by atoms with Crippen molar-refractivity contribution in [2.45, 2.75) is 259 Å². The van der Waals surface area contributed by atoms with E-state index in [0.29, 0.717) is 124 Å². The summed E-state index contributed by atoms with van der Waals surface area (Å²) in [4.78, 5) is 135. The van der Waals surface area contributed by atoms with Crippen molar-refractivity contribution in [3.05, 3.63) is 256 Å². The minimum Gasteiger partial charge on any atom is -0.458 e. The number of ether oxygens (including phenoxy) is 6. The lowest BCUT2D eigenvalue weighted by Crippen LogP contribution is -2.44. The van der Waals surface area contributed by atoms with Crippen molar-refractivity contribution in [1.29, 1.82) is 0 Å². The van der Waals surface area contributed by atoms with Crippen LogP contribution in [0.15, 0.2) is 99.3 Å². The van der Waals surface area contributed by atoms with E-state index in [0.717, 1.165) is 105 Å². The van der Waals surface area contributed by atoms with Crippen LogP contribution in [0.2, 0.25) is 0 Å². The predicted octanol–water partition coefficient (Wildman–Crippen LogP) is 18.2. The summed E-state index contributed by atoms with van der Waals surface area (Å²) >= 11 is 0. The van der Waals surface area contributed by atoms with Gasteiger partial charge in [0.15, 0.2) is 16.8 Å². The molecule has 0 bridgehead atoms. The topological polar surface area (TPSA) is 359 Å². The number of carbonyl (C=O) groups excluding carboxylic acids is 6. The van der Waals surface area contributed by atoms with E-state index in [1.165, 1.54) is 40.5 Å². The first-order valence-corrected chi connectivity index (χ1v) is 55.4. The van der Waals surface area contributed by atoms with E-state index in [1.807, 2.05) is 47.6 Å². The fourth-order valence-corrected chi connectivity index (χ4v) is 29.9. The average Bonchev–Trinajstić information content (AvgIpc) is 1.56. The highest BCUT2D eigenvalue weighted by molar-refractivity contribution is 8.77. The number of fused-ring (bicyclic) bond motifs is 17. The number of hydrogen-bond donors (Lipinski definition) is 6. The van der Waals surface area contributed by atoms with Gasteiger partial charge in [-0.25, -0.2) is 56.9 Å². The second-order valence-electron chi connectivity index (χ2n) is 37.9. The van der Waals surface area contributed by atoms with Gasteiger partial charge >= 0.3 is 36.2 Å². The number of aromatic nitrogens is 6. The molecular weight excluding hydrogens is 1910 g/mol. The summed E-state index contributed by atoms with van der Waals surface area (Å²) in [6.07, 6.45) is 13.8. The number of aliphatic hydroxyl groups is 3. The van der Waals surface area contributed by atoms with Crippen LogP contribution in [-0.4, -0.2) is 122 Å².